The smallest absolute Gasteiger partial charge is 0.194 e. The number of hydrogen-bond acceptors (Lipinski definition) is 5. The van der Waals surface area contributed by atoms with Crippen LogP contribution in [0.25, 0.3) is 4.96 Å². The van der Waals surface area contributed by atoms with Crippen molar-refractivity contribution in [1.29, 1.82) is 0 Å². The molecule has 21 heavy (non-hydrogen) atoms. The normalized spacial score (nSPS) is 11.0. The van der Waals surface area contributed by atoms with E-state index in [0.717, 1.165) is 39.0 Å². The molecule has 2 heterocycles. The Morgan fingerprint density at radius 2 is 2.14 bits per heavy atom. The summed E-state index contributed by atoms with van der Waals surface area (Å²) in [5.41, 5.74) is 1.86. The van der Waals surface area contributed by atoms with Crippen molar-refractivity contribution in [2.75, 3.05) is 14.2 Å². The van der Waals surface area contributed by atoms with Crippen molar-refractivity contribution in [3.05, 3.63) is 46.7 Å². The molecule has 0 aliphatic carbocycles. The predicted molar refractivity (Wildman–Crippen MR) is 81.3 cm³/mol. The zero-order valence-corrected chi connectivity index (χ0v) is 12.7. The quantitative estimate of drug-likeness (QED) is 0.787. The number of fused-ring (bicyclic) bond motifs is 1. The number of aliphatic hydroxyl groups is 1. The Kier molecular flexibility index (Phi) is 3.81. The van der Waals surface area contributed by atoms with Crippen molar-refractivity contribution in [3.63, 3.8) is 0 Å². The van der Waals surface area contributed by atoms with E-state index < -0.39 is 0 Å². The maximum Gasteiger partial charge on any atom is 0.194 e. The van der Waals surface area contributed by atoms with Gasteiger partial charge in [0, 0.05) is 23.1 Å². The Balaban J connectivity index is 1.95. The van der Waals surface area contributed by atoms with Gasteiger partial charge in [-0.15, -0.1) is 11.3 Å². The third kappa shape index (κ3) is 2.59. The molecule has 0 bridgehead atoms. The lowest BCUT2D eigenvalue weighted by molar-refractivity contribution is 0.276. The monoisotopic (exact) mass is 304 g/mol. The van der Waals surface area contributed by atoms with Crippen molar-refractivity contribution in [2.24, 2.45) is 0 Å². The third-order valence-corrected chi connectivity index (χ3v) is 4.35. The summed E-state index contributed by atoms with van der Waals surface area (Å²) in [5, 5.41) is 9.28. The molecule has 0 fully saturated rings. The van der Waals surface area contributed by atoms with Crippen molar-refractivity contribution in [3.8, 4) is 11.5 Å². The average molecular weight is 304 g/mol. The minimum absolute atomic E-state index is 0.0141. The van der Waals surface area contributed by atoms with E-state index in [1.54, 1.807) is 31.8 Å². The molecule has 6 heteroatoms. The Labute approximate surface area is 126 Å². The van der Waals surface area contributed by atoms with Crippen LogP contribution >= 0.6 is 11.3 Å². The lowest BCUT2D eigenvalue weighted by Crippen LogP contribution is -1.94. The summed E-state index contributed by atoms with van der Waals surface area (Å²) in [6, 6.07) is 5.77. The molecule has 110 valence electrons. The van der Waals surface area contributed by atoms with Crippen LogP contribution in [0, 0.1) is 0 Å². The highest BCUT2D eigenvalue weighted by molar-refractivity contribution is 7.17. The SMILES string of the molecule is COc1ccc(OC)c(Cc2cn3c(CO)cnc3s2)c1. The molecule has 0 atom stereocenters. The van der Waals surface area contributed by atoms with Gasteiger partial charge in [-0.3, -0.25) is 4.40 Å². The fourth-order valence-electron chi connectivity index (χ4n) is 2.28. The molecule has 5 nitrogen and oxygen atoms in total. The van der Waals surface area contributed by atoms with Gasteiger partial charge in [0.15, 0.2) is 4.96 Å². The van der Waals surface area contributed by atoms with Crippen molar-refractivity contribution < 1.29 is 14.6 Å². The van der Waals surface area contributed by atoms with E-state index in [2.05, 4.69) is 4.98 Å². The molecule has 0 aliphatic rings. The van der Waals surface area contributed by atoms with Crippen LogP contribution < -0.4 is 9.47 Å². The minimum Gasteiger partial charge on any atom is -0.497 e. The van der Waals surface area contributed by atoms with Gasteiger partial charge in [0.25, 0.3) is 0 Å². The summed E-state index contributed by atoms with van der Waals surface area (Å²) in [4.78, 5) is 6.33. The van der Waals surface area contributed by atoms with E-state index in [1.165, 1.54) is 0 Å². The fraction of sp³-hybridized carbons (Fsp3) is 0.267. The zero-order valence-electron chi connectivity index (χ0n) is 11.9. The summed E-state index contributed by atoms with van der Waals surface area (Å²) < 4.78 is 12.6. The largest absolute Gasteiger partial charge is 0.497 e. The van der Waals surface area contributed by atoms with Crippen molar-refractivity contribution >= 4 is 16.3 Å². The minimum atomic E-state index is -0.0141. The molecule has 0 unspecified atom stereocenters. The van der Waals surface area contributed by atoms with E-state index in [1.807, 2.05) is 28.8 Å². The second-order valence-corrected chi connectivity index (χ2v) is 5.71. The topological polar surface area (TPSA) is 56.0 Å². The Morgan fingerprint density at radius 3 is 2.86 bits per heavy atom. The standard InChI is InChI=1S/C15H16N2O3S/c1-19-12-3-4-14(20-2)10(5-12)6-13-8-17-11(9-18)7-16-15(17)21-13/h3-5,7-8,18H,6,9H2,1-2H3. The van der Waals surface area contributed by atoms with Gasteiger partial charge in [0.1, 0.15) is 11.5 Å². The number of rotatable bonds is 5. The van der Waals surface area contributed by atoms with Gasteiger partial charge in [0.05, 0.1) is 32.7 Å². The van der Waals surface area contributed by atoms with Crippen LogP contribution in [0.1, 0.15) is 16.1 Å². The molecule has 0 saturated heterocycles. The summed E-state index contributed by atoms with van der Waals surface area (Å²) in [5.74, 6) is 1.65. The van der Waals surface area contributed by atoms with Gasteiger partial charge < -0.3 is 14.6 Å². The van der Waals surface area contributed by atoms with Gasteiger partial charge >= 0.3 is 0 Å². The number of nitrogens with zero attached hydrogens (tertiary/aromatic N) is 2. The van der Waals surface area contributed by atoms with Crippen LogP contribution in [0.15, 0.2) is 30.6 Å². The third-order valence-electron chi connectivity index (χ3n) is 3.35. The van der Waals surface area contributed by atoms with E-state index in [-0.39, 0.29) is 6.61 Å². The Morgan fingerprint density at radius 1 is 1.29 bits per heavy atom. The highest BCUT2D eigenvalue weighted by Gasteiger charge is 2.11. The van der Waals surface area contributed by atoms with Crippen LogP contribution in [-0.2, 0) is 13.0 Å². The summed E-state index contributed by atoms with van der Waals surface area (Å²) in [6.45, 7) is -0.0141. The fourth-order valence-corrected chi connectivity index (χ4v) is 3.28. The number of ether oxygens (including phenoxy) is 2. The first-order valence-corrected chi connectivity index (χ1v) is 7.33. The lowest BCUT2D eigenvalue weighted by atomic mass is 10.1. The molecule has 3 aromatic rings. The molecular weight excluding hydrogens is 288 g/mol. The second-order valence-electron chi connectivity index (χ2n) is 4.61. The first-order valence-electron chi connectivity index (χ1n) is 6.51. The molecule has 0 amide bonds. The molecule has 0 aliphatic heterocycles. The predicted octanol–water partition coefficient (Wildman–Crippen LogP) is 2.50. The zero-order chi connectivity index (χ0) is 14.8. The molecule has 3 rings (SSSR count). The highest BCUT2D eigenvalue weighted by atomic mass is 32.1. The number of aromatic nitrogens is 2. The van der Waals surface area contributed by atoms with Crippen molar-refractivity contribution in [2.45, 2.75) is 13.0 Å². The van der Waals surface area contributed by atoms with Crippen LogP contribution in [0.4, 0.5) is 0 Å². The van der Waals surface area contributed by atoms with Crippen LogP contribution in [0.2, 0.25) is 0 Å². The van der Waals surface area contributed by atoms with Gasteiger partial charge in [-0.25, -0.2) is 4.98 Å². The number of thiazole rings is 1. The number of benzene rings is 1. The second kappa shape index (κ2) is 5.75. The summed E-state index contributed by atoms with van der Waals surface area (Å²) in [7, 11) is 3.31. The van der Waals surface area contributed by atoms with Gasteiger partial charge in [-0.05, 0) is 18.2 Å². The lowest BCUT2D eigenvalue weighted by Gasteiger charge is -2.09. The average Bonchev–Trinajstić information content (AvgIpc) is 3.06. The van der Waals surface area contributed by atoms with E-state index >= 15 is 0 Å². The van der Waals surface area contributed by atoms with Crippen LogP contribution in [0.3, 0.4) is 0 Å². The summed E-state index contributed by atoms with van der Waals surface area (Å²) >= 11 is 1.61. The molecule has 0 radical (unpaired) electrons. The van der Waals surface area contributed by atoms with E-state index in [0.29, 0.717) is 0 Å². The first-order chi connectivity index (χ1) is 10.2. The number of methoxy groups -OCH3 is 2. The maximum atomic E-state index is 9.28. The maximum absolute atomic E-state index is 9.28. The van der Waals surface area contributed by atoms with Crippen molar-refractivity contribution in [1.82, 2.24) is 9.38 Å². The van der Waals surface area contributed by atoms with Gasteiger partial charge in [0.2, 0.25) is 0 Å². The van der Waals surface area contributed by atoms with Gasteiger partial charge in [-0.2, -0.15) is 0 Å². The summed E-state index contributed by atoms with van der Waals surface area (Å²) in [6.07, 6.45) is 4.44. The first kappa shape index (κ1) is 13.9. The van der Waals surface area contributed by atoms with E-state index in [4.69, 9.17) is 9.47 Å². The van der Waals surface area contributed by atoms with Gasteiger partial charge in [-0.1, -0.05) is 0 Å². The highest BCUT2D eigenvalue weighted by Crippen LogP contribution is 2.29. The Hall–Kier alpha value is -2.05. The van der Waals surface area contributed by atoms with Crippen LogP contribution in [0.5, 0.6) is 11.5 Å². The number of aliphatic hydroxyl groups excluding tert-OH is 1. The number of imidazole rings is 1. The Bertz CT molecular complexity index is 763. The molecule has 0 saturated carbocycles. The number of hydrogen-bond donors (Lipinski definition) is 1. The molecule has 1 N–H and O–H groups in total. The molecule has 1 aromatic carbocycles. The van der Waals surface area contributed by atoms with E-state index in [9.17, 15) is 5.11 Å². The molecule has 0 spiro atoms. The molecular formula is C15H16N2O3S. The molecule has 2 aromatic heterocycles. The van der Waals surface area contributed by atoms with Crippen LogP contribution in [-0.4, -0.2) is 28.7 Å².